The first kappa shape index (κ1) is 31.2. The number of benzene rings is 3. The van der Waals surface area contributed by atoms with E-state index in [9.17, 15) is 14.7 Å². The van der Waals surface area contributed by atoms with Crippen LogP contribution in [-0.4, -0.2) is 39.9 Å². The van der Waals surface area contributed by atoms with Gasteiger partial charge in [-0.1, -0.05) is 60.7 Å². The number of aromatic nitrogens is 1. The molecule has 0 aliphatic rings. The molecule has 0 aliphatic heterocycles. The lowest BCUT2D eigenvalue weighted by Gasteiger charge is -2.13. The quantitative estimate of drug-likeness (QED) is 0.0758. The van der Waals surface area contributed by atoms with Crippen LogP contribution in [-0.2, 0) is 29.0 Å². The maximum atomic E-state index is 11.6. The highest BCUT2D eigenvalue weighted by Gasteiger charge is 2.14. The van der Waals surface area contributed by atoms with Crippen molar-refractivity contribution in [1.29, 1.82) is 0 Å². The number of hydrogen-bond acceptors (Lipinski definition) is 4. The van der Waals surface area contributed by atoms with Gasteiger partial charge in [-0.2, -0.15) is 0 Å². The van der Waals surface area contributed by atoms with E-state index in [1.807, 2.05) is 77.5 Å². The lowest BCUT2D eigenvalue weighted by Crippen LogP contribution is -2.04. The van der Waals surface area contributed by atoms with Crippen LogP contribution in [0.15, 0.2) is 79.5 Å². The van der Waals surface area contributed by atoms with Crippen molar-refractivity contribution in [1.82, 2.24) is 4.57 Å². The smallest absolute Gasteiger partial charge is 0.307 e. The topological polar surface area (TPSA) is 98.0 Å². The number of carboxylic acid groups (broad SMARTS) is 2. The first-order chi connectivity index (χ1) is 20.9. The number of carboxylic acids is 2. The number of nitrogens with zero attached hydrogens (tertiary/aromatic N) is 1. The van der Waals surface area contributed by atoms with Crippen LogP contribution >= 0.6 is 0 Å². The fraction of sp³-hybridized carbons (Fsp3) is 0.278. The van der Waals surface area contributed by atoms with E-state index in [2.05, 4.69) is 25.6 Å². The Bertz CT molecular complexity index is 1580. The average molecular weight is 582 g/mol. The van der Waals surface area contributed by atoms with E-state index in [1.165, 1.54) is 0 Å². The molecule has 0 amide bonds. The minimum atomic E-state index is -0.907. The molecule has 0 saturated heterocycles. The molecule has 2 N–H and O–H groups in total. The summed E-state index contributed by atoms with van der Waals surface area (Å²) in [6.45, 7) is 7.64. The van der Waals surface area contributed by atoms with Gasteiger partial charge in [0.25, 0.3) is 0 Å². The Hall–Kier alpha value is -4.78. The molecule has 4 rings (SSSR count). The SMILES string of the molecule is C=CCc1cccc(C)c1OCCCCOc1ccc(C=Cc2cccc3c2c(CC(=O)O)cn3CCCC(=O)O)cc1. The molecular weight excluding hydrogens is 542 g/mol. The molecule has 0 fully saturated rings. The number of aliphatic carboxylic acids is 2. The second kappa shape index (κ2) is 15.4. The number of fused-ring (bicyclic) bond motifs is 1. The second-order valence-electron chi connectivity index (χ2n) is 10.5. The van der Waals surface area contributed by atoms with Crippen LogP contribution in [0.5, 0.6) is 11.5 Å². The van der Waals surface area contributed by atoms with Crippen molar-refractivity contribution in [3.8, 4) is 11.5 Å². The molecule has 4 aromatic rings. The Morgan fingerprint density at radius 1 is 0.860 bits per heavy atom. The normalized spacial score (nSPS) is 11.2. The molecule has 3 aromatic carbocycles. The van der Waals surface area contributed by atoms with Crippen LogP contribution in [0, 0.1) is 6.92 Å². The van der Waals surface area contributed by atoms with Crippen molar-refractivity contribution in [3.05, 3.63) is 107 Å². The Kier molecular flexibility index (Phi) is 11.2. The van der Waals surface area contributed by atoms with Crippen molar-refractivity contribution in [2.45, 2.75) is 52.0 Å². The van der Waals surface area contributed by atoms with Crippen molar-refractivity contribution in [2.24, 2.45) is 0 Å². The molecule has 0 unspecified atom stereocenters. The van der Waals surface area contributed by atoms with E-state index < -0.39 is 11.9 Å². The number of hydrogen-bond donors (Lipinski definition) is 2. The number of aryl methyl sites for hydroxylation is 2. The monoisotopic (exact) mass is 581 g/mol. The molecule has 1 heterocycles. The lowest BCUT2D eigenvalue weighted by molar-refractivity contribution is -0.137. The van der Waals surface area contributed by atoms with Crippen LogP contribution in [0.4, 0.5) is 0 Å². The first-order valence-electron chi connectivity index (χ1n) is 14.6. The van der Waals surface area contributed by atoms with Gasteiger partial charge >= 0.3 is 11.9 Å². The minimum absolute atomic E-state index is 0.0623. The summed E-state index contributed by atoms with van der Waals surface area (Å²) in [5.41, 5.74) is 5.80. The molecule has 224 valence electrons. The van der Waals surface area contributed by atoms with E-state index in [4.69, 9.17) is 14.6 Å². The summed E-state index contributed by atoms with van der Waals surface area (Å²) in [6.07, 6.45) is 10.7. The highest BCUT2D eigenvalue weighted by molar-refractivity contribution is 5.96. The van der Waals surface area contributed by atoms with E-state index in [0.29, 0.717) is 31.7 Å². The number of allylic oxidation sites excluding steroid dienone is 1. The predicted octanol–water partition coefficient (Wildman–Crippen LogP) is 7.58. The third-order valence-corrected chi connectivity index (χ3v) is 7.20. The van der Waals surface area contributed by atoms with Crippen LogP contribution in [0.25, 0.3) is 23.1 Å². The molecule has 0 atom stereocenters. The summed E-state index contributed by atoms with van der Waals surface area (Å²) >= 11 is 0. The first-order valence-corrected chi connectivity index (χ1v) is 14.6. The fourth-order valence-corrected chi connectivity index (χ4v) is 5.16. The van der Waals surface area contributed by atoms with E-state index >= 15 is 0 Å². The van der Waals surface area contributed by atoms with Crippen molar-refractivity contribution < 1.29 is 29.3 Å². The van der Waals surface area contributed by atoms with Gasteiger partial charge in [-0.15, -0.1) is 6.58 Å². The average Bonchev–Trinajstić information content (AvgIpc) is 3.32. The van der Waals surface area contributed by atoms with Gasteiger partial charge in [-0.05, 0) is 78.6 Å². The Morgan fingerprint density at radius 3 is 2.33 bits per heavy atom. The van der Waals surface area contributed by atoms with Gasteiger partial charge in [0.2, 0.25) is 0 Å². The largest absolute Gasteiger partial charge is 0.494 e. The summed E-state index contributed by atoms with van der Waals surface area (Å²) in [5.74, 6) is 0.00323. The van der Waals surface area contributed by atoms with E-state index in [1.54, 1.807) is 0 Å². The van der Waals surface area contributed by atoms with Gasteiger partial charge < -0.3 is 24.3 Å². The van der Waals surface area contributed by atoms with E-state index in [-0.39, 0.29) is 12.8 Å². The zero-order chi connectivity index (χ0) is 30.6. The number of para-hydroxylation sites is 1. The number of carbonyl (C=O) groups is 2. The minimum Gasteiger partial charge on any atom is -0.494 e. The summed E-state index contributed by atoms with van der Waals surface area (Å²) in [5, 5.41) is 19.3. The maximum Gasteiger partial charge on any atom is 0.307 e. The van der Waals surface area contributed by atoms with Crippen LogP contribution in [0.2, 0.25) is 0 Å². The second-order valence-corrected chi connectivity index (χ2v) is 10.5. The molecule has 1 aromatic heterocycles. The van der Waals surface area contributed by atoms with Gasteiger partial charge in [0.15, 0.2) is 0 Å². The fourth-order valence-electron chi connectivity index (χ4n) is 5.16. The van der Waals surface area contributed by atoms with Crippen LogP contribution in [0.1, 0.15) is 53.5 Å². The third kappa shape index (κ3) is 8.85. The van der Waals surface area contributed by atoms with Gasteiger partial charge in [-0.25, -0.2) is 0 Å². The summed E-state index contributed by atoms with van der Waals surface area (Å²) in [6, 6.07) is 19.9. The molecule has 0 bridgehead atoms. The molecule has 7 heteroatoms. The van der Waals surface area contributed by atoms with Gasteiger partial charge in [0.1, 0.15) is 11.5 Å². The molecule has 0 spiro atoms. The van der Waals surface area contributed by atoms with Crippen molar-refractivity contribution in [3.63, 3.8) is 0 Å². The van der Waals surface area contributed by atoms with Crippen molar-refractivity contribution in [2.75, 3.05) is 13.2 Å². The third-order valence-electron chi connectivity index (χ3n) is 7.20. The Morgan fingerprint density at radius 2 is 1.60 bits per heavy atom. The predicted molar refractivity (Wildman–Crippen MR) is 171 cm³/mol. The lowest BCUT2D eigenvalue weighted by atomic mass is 10.0. The van der Waals surface area contributed by atoms with E-state index in [0.717, 1.165) is 63.9 Å². The zero-order valence-electron chi connectivity index (χ0n) is 24.6. The molecule has 0 aliphatic carbocycles. The number of rotatable bonds is 17. The molecule has 7 nitrogen and oxygen atoms in total. The van der Waals surface area contributed by atoms with Crippen LogP contribution in [0.3, 0.4) is 0 Å². The van der Waals surface area contributed by atoms with Gasteiger partial charge in [0, 0.05) is 30.1 Å². The summed E-state index contributed by atoms with van der Waals surface area (Å²) < 4.78 is 14.0. The maximum absolute atomic E-state index is 11.6. The molecule has 0 saturated carbocycles. The van der Waals surface area contributed by atoms with Gasteiger partial charge in [0.05, 0.1) is 19.6 Å². The van der Waals surface area contributed by atoms with Crippen LogP contribution < -0.4 is 9.47 Å². The Balaban J connectivity index is 1.33. The summed E-state index contributed by atoms with van der Waals surface area (Å²) in [7, 11) is 0. The highest BCUT2D eigenvalue weighted by Crippen LogP contribution is 2.28. The number of ether oxygens (including phenoxy) is 2. The molecule has 0 radical (unpaired) electrons. The highest BCUT2D eigenvalue weighted by atomic mass is 16.5. The summed E-state index contributed by atoms with van der Waals surface area (Å²) in [4.78, 5) is 22.5. The van der Waals surface area contributed by atoms with Gasteiger partial charge in [-0.3, -0.25) is 9.59 Å². The molecule has 43 heavy (non-hydrogen) atoms. The zero-order valence-corrected chi connectivity index (χ0v) is 24.6. The standard InChI is InChI=1S/C36H39NO6/c1-3-9-29-12-6-10-26(2)36(29)43-23-5-4-22-42-31-19-16-27(17-20-31)15-18-28-11-7-13-32-35(28)30(24-34(40)41)25-37(32)21-8-14-33(38)39/h3,6-7,10-13,15-20,25H,1,4-5,8-9,14,21-24H2,2H3,(H,38,39)(H,40,41). The molecular formula is C36H39NO6. The Labute approximate surface area is 252 Å². The number of unbranched alkanes of at least 4 members (excludes halogenated alkanes) is 1. The van der Waals surface area contributed by atoms with Crippen molar-refractivity contribution >= 4 is 35.0 Å².